The first kappa shape index (κ1) is 20.1. The molecule has 148 valence electrons. The quantitative estimate of drug-likeness (QED) is 0.617. The van der Waals surface area contributed by atoms with Gasteiger partial charge in [0.25, 0.3) is 0 Å². The lowest BCUT2D eigenvalue weighted by Crippen LogP contribution is -2.37. The summed E-state index contributed by atoms with van der Waals surface area (Å²) in [5.41, 5.74) is 2.44. The lowest BCUT2D eigenvalue weighted by atomic mass is 10.1. The molecular formula is C24H24N2O3. The molecule has 0 bridgehead atoms. The topological polar surface area (TPSA) is 58.6 Å². The third-order valence-electron chi connectivity index (χ3n) is 4.46. The molecule has 0 saturated heterocycles. The summed E-state index contributed by atoms with van der Waals surface area (Å²) in [5, 5.41) is 2.84. The van der Waals surface area contributed by atoms with Crippen LogP contribution in [0.3, 0.4) is 0 Å². The summed E-state index contributed by atoms with van der Waals surface area (Å²) in [6.07, 6.45) is 0.782. The molecule has 0 atom stereocenters. The Morgan fingerprint density at radius 3 is 2.14 bits per heavy atom. The zero-order valence-electron chi connectivity index (χ0n) is 16.6. The first-order chi connectivity index (χ1) is 14.1. The van der Waals surface area contributed by atoms with Gasteiger partial charge in [-0.3, -0.25) is 9.59 Å². The van der Waals surface area contributed by atoms with Crippen molar-refractivity contribution in [3.8, 4) is 11.5 Å². The number of nitrogens with one attached hydrogen (secondary N) is 1. The van der Waals surface area contributed by atoms with Gasteiger partial charge >= 0.3 is 0 Å². The molecule has 0 aliphatic rings. The molecule has 2 amide bonds. The molecule has 0 aliphatic heterocycles. The molecule has 0 spiro atoms. The number of amides is 2. The normalized spacial score (nSPS) is 10.3. The van der Waals surface area contributed by atoms with E-state index in [1.54, 1.807) is 24.3 Å². The van der Waals surface area contributed by atoms with Crippen LogP contribution in [0.1, 0.15) is 19.4 Å². The molecule has 0 heterocycles. The van der Waals surface area contributed by atoms with Gasteiger partial charge in [0.2, 0.25) is 11.8 Å². The standard InChI is InChI=1S/C24H24N2O3/c1-3-19-9-7-8-12-23(19)26(18(2)27)17-24(28)25-20-13-15-22(16-14-20)29-21-10-5-4-6-11-21/h4-16H,3,17H2,1-2H3,(H,25,28). The summed E-state index contributed by atoms with van der Waals surface area (Å²) in [6.45, 7) is 3.44. The highest BCUT2D eigenvalue weighted by molar-refractivity contribution is 6.02. The fraction of sp³-hybridized carbons (Fsp3) is 0.167. The van der Waals surface area contributed by atoms with Gasteiger partial charge in [-0.1, -0.05) is 43.3 Å². The third kappa shape index (κ3) is 5.45. The number of anilines is 2. The molecule has 3 aromatic rings. The van der Waals surface area contributed by atoms with Gasteiger partial charge < -0.3 is 15.0 Å². The van der Waals surface area contributed by atoms with Crippen LogP contribution in [0.25, 0.3) is 0 Å². The van der Waals surface area contributed by atoms with E-state index in [1.807, 2.05) is 61.5 Å². The molecule has 5 nitrogen and oxygen atoms in total. The zero-order valence-corrected chi connectivity index (χ0v) is 16.6. The Hall–Kier alpha value is -3.60. The highest BCUT2D eigenvalue weighted by Gasteiger charge is 2.18. The third-order valence-corrected chi connectivity index (χ3v) is 4.46. The van der Waals surface area contributed by atoms with Crippen LogP contribution in [0.4, 0.5) is 11.4 Å². The zero-order chi connectivity index (χ0) is 20.6. The van der Waals surface area contributed by atoms with E-state index in [0.717, 1.165) is 23.4 Å². The average Bonchev–Trinajstić information content (AvgIpc) is 2.74. The largest absolute Gasteiger partial charge is 0.457 e. The molecule has 0 aliphatic carbocycles. The molecule has 0 radical (unpaired) electrons. The Morgan fingerprint density at radius 2 is 1.48 bits per heavy atom. The van der Waals surface area contributed by atoms with Gasteiger partial charge in [0.05, 0.1) is 0 Å². The lowest BCUT2D eigenvalue weighted by Gasteiger charge is -2.23. The van der Waals surface area contributed by atoms with Crippen LogP contribution in [0.15, 0.2) is 78.9 Å². The van der Waals surface area contributed by atoms with Crippen molar-refractivity contribution in [2.24, 2.45) is 0 Å². The number of carbonyl (C=O) groups is 2. The summed E-state index contributed by atoms with van der Waals surface area (Å²) in [4.78, 5) is 26.2. The van der Waals surface area contributed by atoms with Crippen molar-refractivity contribution in [2.75, 3.05) is 16.8 Å². The predicted octanol–water partition coefficient (Wildman–Crippen LogP) is 5.03. The molecule has 0 unspecified atom stereocenters. The van der Waals surface area contributed by atoms with Crippen molar-refractivity contribution in [2.45, 2.75) is 20.3 Å². The maximum Gasteiger partial charge on any atom is 0.244 e. The Morgan fingerprint density at radius 1 is 0.862 bits per heavy atom. The number of hydrogen-bond acceptors (Lipinski definition) is 3. The Bertz CT molecular complexity index is 969. The van der Waals surface area contributed by atoms with Gasteiger partial charge in [0.1, 0.15) is 18.0 Å². The van der Waals surface area contributed by atoms with Crippen LogP contribution < -0.4 is 15.0 Å². The highest BCUT2D eigenvalue weighted by atomic mass is 16.5. The molecule has 3 rings (SSSR count). The number of rotatable bonds is 7. The second-order valence-corrected chi connectivity index (χ2v) is 6.58. The summed E-state index contributed by atoms with van der Waals surface area (Å²) in [6, 6.07) is 24.2. The van der Waals surface area contributed by atoms with E-state index >= 15 is 0 Å². The second kappa shape index (κ2) is 9.55. The maximum atomic E-state index is 12.5. The molecule has 5 heteroatoms. The first-order valence-electron chi connectivity index (χ1n) is 9.55. The lowest BCUT2D eigenvalue weighted by molar-refractivity contribution is -0.120. The van der Waals surface area contributed by atoms with E-state index in [2.05, 4.69) is 5.32 Å². The monoisotopic (exact) mass is 388 g/mol. The minimum atomic E-state index is -0.261. The van der Waals surface area contributed by atoms with E-state index < -0.39 is 0 Å². The molecule has 0 aromatic heterocycles. The number of aryl methyl sites for hydroxylation is 1. The number of benzene rings is 3. The van der Waals surface area contributed by atoms with E-state index in [0.29, 0.717) is 11.4 Å². The first-order valence-corrected chi connectivity index (χ1v) is 9.55. The van der Waals surface area contributed by atoms with Crippen molar-refractivity contribution in [3.05, 3.63) is 84.4 Å². The van der Waals surface area contributed by atoms with Crippen molar-refractivity contribution in [1.82, 2.24) is 0 Å². The van der Waals surface area contributed by atoms with Gasteiger partial charge in [0, 0.05) is 18.3 Å². The molecule has 0 saturated carbocycles. The molecule has 29 heavy (non-hydrogen) atoms. The van der Waals surface area contributed by atoms with Crippen LogP contribution in [0.2, 0.25) is 0 Å². The Balaban J connectivity index is 1.65. The minimum Gasteiger partial charge on any atom is -0.457 e. The fourth-order valence-corrected chi connectivity index (χ4v) is 3.01. The van der Waals surface area contributed by atoms with Crippen molar-refractivity contribution < 1.29 is 14.3 Å². The number of ether oxygens (including phenoxy) is 1. The number of hydrogen-bond donors (Lipinski definition) is 1. The van der Waals surface area contributed by atoms with Crippen molar-refractivity contribution in [1.29, 1.82) is 0 Å². The summed E-state index contributed by atoms with van der Waals surface area (Å²) in [7, 11) is 0. The number of carbonyl (C=O) groups excluding carboxylic acids is 2. The van der Waals surface area contributed by atoms with Crippen LogP contribution >= 0.6 is 0 Å². The highest BCUT2D eigenvalue weighted by Crippen LogP contribution is 2.23. The molecular weight excluding hydrogens is 364 g/mol. The van der Waals surface area contributed by atoms with Gasteiger partial charge in [0.15, 0.2) is 0 Å². The van der Waals surface area contributed by atoms with Gasteiger partial charge in [-0.05, 0) is 54.4 Å². The smallest absolute Gasteiger partial charge is 0.244 e. The van der Waals surface area contributed by atoms with E-state index in [-0.39, 0.29) is 18.4 Å². The minimum absolute atomic E-state index is 0.0470. The van der Waals surface area contributed by atoms with Gasteiger partial charge in [-0.2, -0.15) is 0 Å². The van der Waals surface area contributed by atoms with Crippen molar-refractivity contribution >= 4 is 23.2 Å². The van der Waals surface area contributed by atoms with Crippen LogP contribution in [-0.4, -0.2) is 18.4 Å². The Labute approximate surface area is 170 Å². The van der Waals surface area contributed by atoms with Crippen LogP contribution in [0.5, 0.6) is 11.5 Å². The SMILES string of the molecule is CCc1ccccc1N(CC(=O)Nc1ccc(Oc2ccccc2)cc1)C(C)=O. The van der Waals surface area contributed by atoms with E-state index in [9.17, 15) is 9.59 Å². The van der Waals surface area contributed by atoms with Gasteiger partial charge in [-0.15, -0.1) is 0 Å². The fourth-order valence-electron chi connectivity index (χ4n) is 3.01. The molecule has 1 N–H and O–H groups in total. The molecule has 3 aromatic carbocycles. The number of nitrogens with zero attached hydrogens (tertiary/aromatic N) is 1. The predicted molar refractivity (Wildman–Crippen MR) is 115 cm³/mol. The summed E-state index contributed by atoms with van der Waals surface area (Å²) >= 11 is 0. The van der Waals surface area contributed by atoms with Crippen LogP contribution in [0, 0.1) is 0 Å². The number of para-hydroxylation sites is 2. The molecule has 0 fully saturated rings. The summed E-state index contributed by atoms with van der Waals surface area (Å²) < 4.78 is 5.75. The Kier molecular flexibility index (Phi) is 6.63. The van der Waals surface area contributed by atoms with Crippen molar-refractivity contribution in [3.63, 3.8) is 0 Å². The van der Waals surface area contributed by atoms with Crippen LogP contribution in [-0.2, 0) is 16.0 Å². The van der Waals surface area contributed by atoms with Gasteiger partial charge in [-0.25, -0.2) is 0 Å². The van der Waals surface area contributed by atoms with E-state index in [4.69, 9.17) is 4.74 Å². The summed E-state index contributed by atoms with van der Waals surface area (Å²) in [5.74, 6) is 0.989. The maximum absolute atomic E-state index is 12.5. The average molecular weight is 388 g/mol. The second-order valence-electron chi connectivity index (χ2n) is 6.58. The van der Waals surface area contributed by atoms with E-state index in [1.165, 1.54) is 11.8 Å².